The summed E-state index contributed by atoms with van der Waals surface area (Å²) < 4.78 is 4.78. The van der Waals surface area contributed by atoms with Crippen LogP contribution >= 0.6 is 0 Å². The van der Waals surface area contributed by atoms with E-state index in [4.69, 9.17) is 4.74 Å². The molecule has 1 fully saturated rings. The SMILES string of the molecule is COC(=O)C1(c2ccc(C=O)cc2)CC1. The van der Waals surface area contributed by atoms with Crippen molar-refractivity contribution in [2.75, 3.05) is 7.11 Å². The summed E-state index contributed by atoms with van der Waals surface area (Å²) in [6, 6.07) is 7.11. The molecule has 0 N–H and O–H groups in total. The van der Waals surface area contributed by atoms with Crippen molar-refractivity contribution in [2.45, 2.75) is 18.3 Å². The quantitative estimate of drug-likeness (QED) is 0.556. The van der Waals surface area contributed by atoms with E-state index in [1.807, 2.05) is 12.1 Å². The second kappa shape index (κ2) is 3.50. The summed E-state index contributed by atoms with van der Waals surface area (Å²) in [5, 5.41) is 0. The van der Waals surface area contributed by atoms with Crippen molar-refractivity contribution < 1.29 is 14.3 Å². The Hall–Kier alpha value is -1.64. The third-order valence-corrected chi connectivity index (χ3v) is 2.93. The summed E-state index contributed by atoms with van der Waals surface area (Å²) in [4.78, 5) is 22.0. The Balaban J connectivity index is 2.30. The largest absolute Gasteiger partial charge is 0.468 e. The highest BCUT2D eigenvalue weighted by Gasteiger charge is 2.52. The number of carbonyl (C=O) groups is 2. The average molecular weight is 204 g/mol. The molecule has 0 saturated heterocycles. The predicted octanol–water partition coefficient (Wildman–Crippen LogP) is 1.70. The highest BCUT2D eigenvalue weighted by molar-refractivity contribution is 5.87. The molecule has 0 unspecified atom stereocenters. The van der Waals surface area contributed by atoms with E-state index in [0.29, 0.717) is 5.56 Å². The zero-order chi connectivity index (χ0) is 10.9. The molecule has 0 heterocycles. The predicted molar refractivity (Wildman–Crippen MR) is 54.8 cm³/mol. The van der Waals surface area contributed by atoms with Gasteiger partial charge in [0.25, 0.3) is 0 Å². The Morgan fingerprint density at radius 3 is 2.33 bits per heavy atom. The van der Waals surface area contributed by atoms with Crippen molar-refractivity contribution in [3.63, 3.8) is 0 Å². The molecule has 0 atom stereocenters. The van der Waals surface area contributed by atoms with Gasteiger partial charge in [0.1, 0.15) is 6.29 Å². The molecule has 3 heteroatoms. The lowest BCUT2D eigenvalue weighted by molar-refractivity contribution is -0.143. The number of benzene rings is 1. The van der Waals surface area contributed by atoms with Gasteiger partial charge in [0.15, 0.2) is 0 Å². The van der Waals surface area contributed by atoms with Crippen LogP contribution in [0.2, 0.25) is 0 Å². The summed E-state index contributed by atoms with van der Waals surface area (Å²) in [6.45, 7) is 0. The summed E-state index contributed by atoms with van der Waals surface area (Å²) in [5.74, 6) is -0.179. The lowest BCUT2D eigenvalue weighted by Crippen LogP contribution is -2.21. The van der Waals surface area contributed by atoms with Crippen LogP contribution in [0.3, 0.4) is 0 Å². The van der Waals surface area contributed by atoms with Crippen LogP contribution < -0.4 is 0 Å². The minimum Gasteiger partial charge on any atom is -0.468 e. The number of aldehydes is 1. The van der Waals surface area contributed by atoms with Crippen LogP contribution in [0.25, 0.3) is 0 Å². The molecule has 0 aliphatic heterocycles. The van der Waals surface area contributed by atoms with Crippen LogP contribution in [0.5, 0.6) is 0 Å². The average Bonchev–Trinajstić information content (AvgIpc) is 3.09. The van der Waals surface area contributed by atoms with Crippen LogP contribution in [0.1, 0.15) is 28.8 Å². The molecule has 1 aromatic rings. The van der Waals surface area contributed by atoms with Gasteiger partial charge in [0.05, 0.1) is 12.5 Å². The molecule has 0 amide bonds. The fraction of sp³-hybridized carbons (Fsp3) is 0.333. The minimum atomic E-state index is -0.434. The second-order valence-electron chi connectivity index (χ2n) is 3.81. The first kappa shape index (κ1) is 9.90. The fourth-order valence-electron chi connectivity index (χ4n) is 1.81. The van der Waals surface area contributed by atoms with Crippen molar-refractivity contribution in [1.29, 1.82) is 0 Å². The summed E-state index contributed by atoms with van der Waals surface area (Å²) in [5.41, 5.74) is 1.13. The van der Waals surface area contributed by atoms with Gasteiger partial charge in [-0.15, -0.1) is 0 Å². The lowest BCUT2D eigenvalue weighted by Gasteiger charge is -2.12. The van der Waals surface area contributed by atoms with Crippen LogP contribution in [0.15, 0.2) is 24.3 Å². The van der Waals surface area contributed by atoms with Crippen molar-refractivity contribution in [1.82, 2.24) is 0 Å². The van der Waals surface area contributed by atoms with Gasteiger partial charge in [-0.25, -0.2) is 0 Å². The molecule has 1 aliphatic rings. The van der Waals surface area contributed by atoms with Crippen molar-refractivity contribution >= 4 is 12.3 Å². The number of hydrogen-bond acceptors (Lipinski definition) is 3. The topological polar surface area (TPSA) is 43.4 Å². The van der Waals surface area contributed by atoms with Gasteiger partial charge in [-0.2, -0.15) is 0 Å². The minimum absolute atomic E-state index is 0.179. The maximum absolute atomic E-state index is 11.6. The number of methoxy groups -OCH3 is 1. The van der Waals surface area contributed by atoms with E-state index in [-0.39, 0.29) is 5.97 Å². The molecule has 1 saturated carbocycles. The Kier molecular flexibility index (Phi) is 2.31. The van der Waals surface area contributed by atoms with E-state index in [2.05, 4.69) is 0 Å². The van der Waals surface area contributed by atoms with Crippen molar-refractivity contribution in [3.05, 3.63) is 35.4 Å². The van der Waals surface area contributed by atoms with Crippen LogP contribution in [0.4, 0.5) is 0 Å². The van der Waals surface area contributed by atoms with E-state index in [1.54, 1.807) is 12.1 Å². The number of esters is 1. The molecule has 15 heavy (non-hydrogen) atoms. The molecule has 0 bridgehead atoms. The Bertz CT molecular complexity index is 388. The summed E-state index contributed by atoms with van der Waals surface area (Å²) in [7, 11) is 1.40. The summed E-state index contributed by atoms with van der Waals surface area (Å²) >= 11 is 0. The zero-order valence-electron chi connectivity index (χ0n) is 8.53. The van der Waals surface area contributed by atoms with E-state index in [9.17, 15) is 9.59 Å². The number of ether oxygens (including phenoxy) is 1. The van der Waals surface area contributed by atoms with Gasteiger partial charge in [-0.3, -0.25) is 9.59 Å². The Labute approximate surface area is 88.1 Å². The molecule has 0 spiro atoms. The van der Waals surface area contributed by atoms with E-state index < -0.39 is 5.41 Å². The smallest absolute Gasteiger partial charge is 0.316 e. The third kappa shape index (κ3) is 1.54. The van der Waals surface area contributed by atoms with Gasteiger partial charge in [0.2, 0.25) is 0 Å². The maximum atomic E-state index is 11.6. The zero-order valence-corrected chi connectivity index (χ0v) is 8.53. The van der Waals surface area contributed by atoms with Crippen LogP contribution in [-0.2, 0) is 14.9 Å². The first-order chi connectivity index (χ1) is 7.23. The van der Waals surface area contributed by atoms with Gasteiger partial charge in [0, 0.05) is 5.56 Å². The van der Waals surface area contributed by atoms with E-state index >= 15 is 0 Å². The summed E-state index contributed by atoms with van der Waals surface area (Å²) in [6.07, 6.45) is 2.46. The Morgan fingerprint density at radius 1 is 1.33 bits per heavy atom. The molecular formula is C12H12O3. The van der Waals surface area contributed by atoms with Crippen LogP contribution in [0, 0.1) is 0 Å². The molecule has 1 aromatic carbocycles. The number of rotatable bonds is 3. The molecular weight excluding hydrogens is 192 g/mol. The van der Waals surface area contributed by atoms with Crippen molar-refractivity contribution in [3.8, 4) is 0 Å². The lowest BCUT2D eigenvalue weighted by atomic mass is 9.95. The number of hydrogen-bond donors (Lipinski definition) is 0. The Morgan fingerprint density at radius 2 is 1.93 bits per heavy atom. The van der Waals surface area contributed by atoms with E-state index in [1.165, 1.54) is 7.11 Å². The van der Waals surface area contributed by atoms with Crippen molar-refractivity contribution in [2.24, 2.45) is 0 Å². The van der Waals surface area contributed by atoms with Gasteiger partial charge < -0.3 is 4.74 Å². The molecule has 0 radical (unpaired) electrons. The highest BCUT2D eigenvalue weighted by atomic mass is 16.5. The second-order valence-corrected chi connectivity index (χ2v) is 3.81. The maximum Gasteiger partial charge on any atom is 0.316 e. The third-order valence-electron chi connectivity index (χ3n) is 2.93. The monoisotopic (exact) mass is 204 g/mol. The number of carbonyl (C=O) groups excluding carboxylic acids is 2. The molecule has 78 valence electrons. The normalized spacial score (nSPS) is 16.9. The highest BCUT2D eigenvalue weighted by Crippen LogP contribution is 2.49. The molecule has 3 nitrogen and oxygen atoms in total. The van der Waals surface area contributed by atoms with E-state index in [0.717, 1.165) is 24.7 Å². The first-order valence-corrected chi connectivity index (χ1v) is 4.87. The molecule has 2 rings (SSSR count). The standard InChI is InChI=1S/C12H12O3/c1-15-11(14)12(6-7-12)10-4-2-9(8-13)3-5-10/h2-5,8H,6-7H2,1H3. The van der Waals surface area contributed by atoms with Gasteiger partial charge >= 0.3 is 5.97 Å². The van der Waals surface area contributed by atoms with Gasteiger partial charge in [-0.05, 0) is 18.4 Å². The van der Waals surface area contributed by atoms with Crippen LogP contribution in [-0.4, -0.2) is 19.4 Å². The molecule has 0 aromatic heterocycles. The first-order valence-electron chi connectivity index (χ1n) is 4.87. The fourth-order valence-corrected chi connectivity index (χ4v) is 1.81. The molecule has 1 aliphatic carbocycles. The van der Waals surface area contributed by atoms with Gasteiger partial charge in [-0.1, -0.05) is 24.3 Å².